The van der Waals surface area contributed by atoms with Crippen molar-refractivity contribution in [3.8, 4) is 0 Å². The van der Waals surface area contributed by atoms with Gasteiger partial charge in [-0.25, -0.2) is 0 Å². The van der Waals surface area contributed by atoms with Crippen LogP contribution in [0.1, 0.15) is 296 Å². The van der Waals surface area contributed by atoms with Crippen molar-refractivity contribution in [2.75, 3.05) is 0 Å². The molecule has 0 aromatic rings. The fraction of sp³-hybridized carbons (Fsp3) is 1.00. The smallest absolute Gasteiger partial charge is 0.0349 e. The summed E-state index contributed by atoms with van der Waals surface area (Å²) in [6, 6.07) is 0. The number of hydrogen-bond donors (Lipinski definition) is 0. The highest BCUT2D eigenvalue weighted by molar-refractivity contribution is 5.06. The van der Waals surface area contributed by atoms with Gasteiger partial charge < -0.3 is 0 Å². The van der Waals surface area contributed by atoms with Gasteiger partial charge in [-0.1, -0.05) is 149 Å². The maximum Gasteiger partial charge on any atom is -0.0349 e. The molecule has 0 aromatic heterocycles. The lowest BCUT2D eigenvalue weighted by Crippen LogP contribution is -2.52. The van der Waals surface area contributed by atoms with E-state index in [0.717, 1.165) is 207 Å². The van der Waals surface area contributed by atoms with Crippen molar-refractivity contribution < 1.29 is 0 Å². The van der Waals surface area contributed by atoms with Crippen LogP contribution in [0.4, 0.5) is 0 Å². The van der Waals surface area contributed by atoms with Gasteiger partial charge in [0, 0.05) is 0 Å². The van der Waals surface area contributed by atoms with Crippen LogP contribution in [-0.2, 0) is 0 Å². The Morgan fingerprint density at radius 1 is 0.225 bits per heavy atom. The summed E-state index contributed by atoms with van der Waals surface area (Å²) in [5.74, 6) is 34.8. The van der Waals surface area contributed by atoms with Crippen molar-refractivity contribution in [3.63, 3.8) is 0 Å². The van der Waals surface area contributed by atoms with Crippen LogP contribution in [0.2, 0.25) is 0 Å². The van der Waals surface area contributed by atoms with E-state index in [1.165, 1.54) is 51.4 Å². The molecular formula is C80H140. The molecule has 11 aliphatic rings. The lowest BCUT2D eigenvalue weighted by Gasteiger charge is -2.60. The molecule has 35 atom stereocenters. The van der Waals surface area contributed by atoms with Crippen molar-refractivity contribution in [1.82, 2.24) is 0 Å². The van der Waals surface area contributed by atoms with Crippen LogP contribution in [-0.4, -0.2) is 0 Å². The van der Waals surface area contributed by atoms with E-state index in [1.807, 2.05) is 0 Å². The molecule has 0 spiro atoms. The molecule has 0 N–H and O–H groups in total. The summed E-state index contributed by atoms with van der Waals surface area (Å²) >= 11 is 0. The first kappa shape index (κ1) is 61.6. The zero-order chi connectivity index (χ0) is 56.4. The lowest BCUT2D eigenvalue weighted by atomic mass is 9.45. The van der Waals surface area contributed by atoms with Gasteiger partial charge in [0.2, 0.25) is 0 Å². The first-order valence-corrected chi connectivity index (χ1v) is 38.5. The third-order valence-electron chi connectivity index (χ3n) is 33.9. The first-order chi connectivity index (χ1) is 38.5. The van der Waals surface area contributed by atoms with Crippen LogP contribution in [0, 0.1) is 207 Å². The monoisotopic (exact) mass is 1100 g/mol. The molecule has 0 bridgehead atoms. The highest BCUT2D eigenvalue weighted by Crippen LogP contribution is 2.65. The van der Waals surface area contributed by atoms with Crippen molar-refractivity contribution in [1.29, 1.82) is 0 Å². The second kappa shape index (κ2) is 26.4. The lowest BCUT2D eigenvalue weighted by molar-refractivity contribution is -0.106. The molecule has 80 heavy (non-hydrogen) atoms. The highest BCUT2D eigenvalue weighted by Gasteiger charge is 2.57. The van der Waals surface area contributed by atoms with Crippen LogP contribution in [0.15, 0.2) is 0 Å². The molecule has 0 aliphatic heterocycles. The molecule has 0 aromatic carbocycles. The van der Waals surface area contributed by atoms with E-state index in [2.05, 4.69) is 104 Å². The average Bonchev–Trinajstić information content (AvgIpc) is 3.50. The third-order valence-corrected chi connectivity index (χ3v) is 33.9. The second-order valence-corrected chi connectivity index (χ2v) is 35.4. The number of hydrogen-bond acceptors (Lipinski definition) is 0. The summed E-state index contributed by atoms with van der Waals surface area (Å²) in [4.78, 5) is 0. The summed E-state index contributed by atoms with van der Waals surface area (Å²) in [7, 11) is 0. The van der Waals surface area contributed by atoms with Crippen LogP contribution in [0.25, 0.3) is 0 Å². The van der Waals surface area contributed by atoms with E-state index in [4.69, 9.17) is 0 Å². The Balaban J connectivity index is 0.729. The van der Waals surface area contributed by atoms with E-state index in [9.17, 15) is 0 Å². The summed E-state index contributed by atoms with van der Waals surface area (Å²) in [6.07, 6.45) is 47.1. The van der Waals surface area contributed by atoms with Crippen LogP contribution >= 0.6 is 0 Å². The molecule has 11 saturated carbocycles. The topological polar surface area (TPSA) is 0 Å². The Morgan fingerprint density at radius 2 is 0.675 bits per heavy atom. The normalized spacial score (nSPS) is 55.2. The predicted molar refractivity (Wildman–Crippen MR) is 346 cm³/mol. The maximum atomic E-state index is 2.87. The van der Waals surface area contributed by atoms with E-state index < -0.39 is 0 Å². The quantitative estimate of drug-likeness (QED) is 0.153. The van der Waals surface area contributed by atoms with Crippen molar-refractivity contribution in [3.05, 3.63) is 0 Å². The number of rotatable bonds is 15. The van der Waals surface area contributed by atoms with E-state index in [-0.39, 0.29) is 0 Å². The summed E-state index contributed by atoms with van der Waals surface area (Å²) < 4.78 is 0. The van der Waals surface area contributed by atoms with Gasteiger partial charge >= 0.3 is 0 Å². The molecule has 11 rings (SSSR count). The van der Waals surface area contributed by atoms with Gasteiger partial charge in [0.1, 0.15) is 0 Å². The molecule has 11 fully saturated rings. The zero-order valence-electron chi connectivity index (χ0n) is 56.4. The SMILES string of the molecule is CCC1CC(CCC2CC(CCC3CC(CCC4CCCC5C4CCC4C5CCC5C6CCC(CC7CCC(CC)C(CC)C7C)CC6CCC54)C(C)C4CC5C(C)C(C)C(C)C(CC)C5CC34)C(C)C(C)C2C)C(C)C(C)C1C. The van der Waals surface area contributed by atoms with Gasteiger partial charge in [-0.2, -0.15) is 0 Å². The molecule has 0 heteroatoms. The first-order valence-electron chi connectivity index (χ1n) is 38.5. The Labute approximate surface area is 501 Å². The molecule has 0 amide bonds. The van der Waals surface area contributed by atoms with Crippen molar-refractivity contribution >= 4 is 0 Å². The van der Waals surface area contributed by atoms with Crippen molar-refractivity contribution in [2.24, 2.45) is 207 Å². The van der Waals surface area contributed by atoms with E-state index in [1.54, 1.807) is 141 Å². The fourth-order valence-corrected chi connectivity index (χ4v) is 28.1. The molecule has 0 radical (unpaired) electrons. The maximum absolute atomic E-state index is 2.87. The van der Waals surface area contributed by atoms with E-state index >= 15 is 0 Å². The fourth-order valence-electron chi connectivity index (χ4n) is 28.1. The minimum Gasteiger partial charge on any atom is -0.0651 e. The predicted octanol–water partition coefficient (Wildman–Crippen LogP) is 23.7. The largest absolute Gasteiger partial charge is 0.0651 e. The highest BCUT2D eigenvalue weighted by atomic mass is 14.6. The van der Waals surface area contributed by atoms with Crippen LogP contribution in [0.3, 0.4) is 0 Å². The van der Waals surface area contributed by atoms with Gasteiger partial charge in [0.05, 0.1) is 0 Å². The summed E-state index contributed by atoms with van der Waals surface area (Å²) in [6.45, 7) is 39.8. The third kappa shape index (κ3) is 11.8. The molecule has 0 nitrogen and oxygen atoms in total. The Hall–Kier alpha value is 0. The van der Waals surface area contributed by atoms with Crippen LogP contribution < -0.4 is 0 Å². The average molecular weight is 1100 g/mol. The summed E-state index contributed by atoms with van der Waals surface area (Å²) in [5, 5.41) is 0. The van der Waals surface area contributed by atoms with E-state index in [0.29, 0.717) is 0 Å². The Bertz CT molecular complexity index is 1910. The van der Waals surface area contributed by atoms with Gasteiger partial charge in [-0.3, -0.25) is 0 Å². The minimum absolute atomic E-state index is 0.886. The zero-order valence-corrected chi connectivity index (χ0v) is 56.4. The molecule has 11 aliphatic carbocycles. The van der Waals surface area contributed by atoms with Gasteiger partial charge in [0.15, 0.2) is 0 Å². The molecule has 460 valence electrons. The Kier molecular flexibility index (Phi) is 20.3. The van der Waals surface area contributed by atoms with Gasteiger partial charge in [-0.15, -0.1) is 0 Å². The van der Waals surface area contributed by atoms with Gasteiger partial charge in [0.25, 0.3) is 0 Å². The van der Waals surface area contributed by atoms with Crippen LogP contribution in [0.5, 0.6) is 0 Å². The van der Waals surface area contributed by atoms with Crippen molar-refractivity contribution in [2.45, 2.75) is 296 Å². The molecular weight excluding hydrogens is 961 g/mol. The standard InChI is InChI=1S/C80H140/c1-16-58-24-26-61(55(14)68(58)18-3)39-57-23-33-71-66(40-57)32-34-74-73(71)37-38-75-72-22-20-21-60(70(72)35-36-76(74)75)25-27-65-43-67(79-45-80-69(19-4)53(12)48(7)54(13)77(80)44-78(79)56(65)15)31-30-64-42-63(51(10)47(6)52(64)11)29-28-62-41-59(17-2)49(8)46(5)50(62)9/h46-80H,16-45H2,1-15H3. The Morgan fingerprint density at radius 3 is 1.29 bits per heavy atom. The summed E-state index contributed by atoms with van der Waals surface area (Å²) in [5.41, 5.74) is 0. The second-order valence-electron chi connectivity index (χ2n) is 35.4. The molecule has 0 saturated heterocycles. The van der Waals surface area contributed by atoms with Gasteiger partial charge in [-0.05, 0) is 355 Å². The number of fused-ring (bicyclic) bond motifs is 9. The molecule has 0 heterocycles. The minimum atomic E-state index is 0.886. The molecule has 35 unspecified atom stereocenters.